The van der Waals surface area contributed by atoms with E-state index in [0.29, 0.717) is 12.6 Å². The van der Waals surface area contributed by atoms with E-state index in [1.165, 1.54) is 13.2 Å². The largest absolute Gasteiger partial charge is 0.494 e. The van der Waals surface area contributed by atoms with Gasteiger partial charge in [-0.3, -0.25) is 9.69 Å². The van der Waals surface area contributed by atoms with Gasteiger partial charge in [-0.15, -0.1) is 0 Å². The van der Waals surface area contributed by atoms with E-state index < -0.39 is 0 Å². The van der Waals surface area contributed by atoms with Gasteiger partial charge in [0.15, 0.2) is 11.6 Å². The third kappa shape index (κ3) is 3.77. The van der Waals surface area contributed by atoms with Gasteiger partial charge >= 0.3 is 0 Å². The first-order valence-electron chi connectivity index (χ1n) is 8.01. The predicted octanol–water partition coefficient (Wildman–Crippen LogP) is 2.32. The number of likely N-dealkylation sites (tertiary alicyclic amines) is 1. The quantitative estimate of drug-likeness (QED) is 0.908. The average molecular weight is 306 g/mol. The van der Waals surface area contributed by atoms with Crippen LogP contribution in [0.15, 0.2) is 18.2 Å². The molecular formula is C17H23FN2O2. The molecule has 2 fully saturated rings. The van der Waals surface area contributed by atoms with Crippen LogP contribution in [0.5, 0.6) is 5.75 Å². The summed E-state index contributed by atoms with van der Waals surface area (Å²) in [4.78, 5) is 14.4. The standard InChI is InChI=1S/C17H23FN2O2/c1-22-16-7-4-12(9-15(16)18)10-20-8-2-3-13(11-20)17(21)19-14-5-6-14/h4,7,9,13-14H,2-3,5-6,8,10-11H2,1H3,(H,19,21). The molecule has 1 amide bonds. The highest BCUT2D eigenvalue weighted by Gasteiger charge is 2.30. The third-order valence-corrected chi connectivity index (χ3v) is 4.42. The van der Waals surface area contributed by atoms with Crippen molar-refractivity contribution in [1.29, 1.82) is 0 Å². The Morgan fingerprint density at radius 1 is 1.41 bits per heavy atom. The third-order valence-electron chi connectivity index (χ3n) is 4.42. The number of carbonyl (C=O) groups is 1. The van der Waals surface area contributed by atoms with E-state index in [4.69, 9.17) is 4.74 Å². The van der Waals surface area contributed by atoms with E-state index in [0.717, 1.165) is 44.3 Å². The SMILES string of the molecule is COc1ccc(CN2CCCC(C(=O)NC3CC3)C2)cc1F. The van der Waals surface area contributed by atoms with Crippen molar-refractivity contribution in [3.8, 4) is 5.75 Å². The molecule has 4 nitrogen and oxygen atoms in total. The van der Waals surface area contributed by atoms with Crippen LogP contribution < -0.4 is 10.1 Å². The van der Waals surface area contributed by atoms with Gasteiger partial charge < -0.3 is 10.1 Å². The molecule has 22 heavy (non-hydrogen) atoms. The zero-order valence-corrected chi connectivity index (χ0v) is 13.0. The summed E-state index contributed by atoms with van der Waals surface area (Å²) in [6.07, 6.45) is 4.20. The molecule has 1 atom stereocenters. The Morgan fingerprint density at radius 3 is 2.91 bits per heavy atom. The molecule has 1 heterocycles. The van der Waals surface area contributed by atoms with Crippen molar-refractivity contribution in [1.82, 2.24) is 10.2 Å². The number of benzene rings is 1. The molecule has 1 aromatic rings. The first-order chi connectivity index (χ1) is 10.7. The van der Waals surface area contributed by atoms with Gasteiger partial charge in [-0.1, -0.05) is 6.07 Å². The second kappa shape index (κ2) is 6.65. The van der Waals surface area contributed by atoms with Crippen molar-refractivity contribution in [2.45, 2.75) is 38.3 Å². The normalized spacial score (nSPS) is 22.4. The topological polar surface area (TPSA) is 41.6 Å². The van der Waals surface area contributed by atoms with E-state index in [-0.39, 0.29) is 23.4 Å². The Morgan fingerprint density at radius 2 is 2.23 bits per heavy atom. The molecule has 1 saturated carbocycles. The zero-order valence-electron chi connectivity index (χ0n) is 13.0. The van der Waals surface area contributed by atoms with E-state index >= 15 is 0 Å². The van der Waals surface area contributed by atoms with Gasteiger partial charge in [0.25, 0.3) is 0 Å². The predicted molar refractivity (Wildman–Crippen MR) is 82.1 cm³/mol. The Balaban J connectivity index is 1.57. The van der Waals surface area contributed by atoms with Crippen molar-refractivity contribution in [2.24, 2.45) is 5.92 Å². The van der Waals surface area contributed by atoms with Crippen molar-refractivity contribution in [3.63, 3.8) is 0 Å². The summed E-state index contributed by atoms with van der Waals surface area (Å²) < 4.78 is 18.7. The first kappa shape index (κ1) is 15.3. The first-order valence-corrected chi connectivity index (χ1v) is 8.01. The fourth-order valence-electron chi connectivity index (χ4n) is 3.03. The van der Waals surface area contributed by atoms with Gasteiger partial charge in [0.05, 0.1) is 13.0 Å². The lowest BCUT2D eigenvalue weighted by atomic mass is 9.96. The molecule has 1 N–H and O–H groups in total. The molecule has 1 aliphatic heterocycles. The Hall–Kier alpha value is -1.62. The molecule has 1 aromatic carbocycles. The summed E-state index contributed by atoms with van der Waals surface area (Å²) in [5.74, 6) is 0.190. The highest BCUT2D eigenvalue weighted by atomic mass is 19.1. The average Bonchev–Trinajstić information content (AvgIpc) is 3.32. The number of rotatable bonds is 5. The fraction of sp³-hybridized carbons (Fsp3) is 0.588. The van der Waals surface area contributed by atoms with Crippen molar-refractivity contribution < 1.29 is 13.9 Å². The molecule has 0 spiro atoms. The maximum Gasteiger partial charge on any atom is 0.224 e. The molecule has 120 valence electrons. The number of nitrogens with one attached hydrogen (secondary N) is 1. The molecule has 2 aliphatic rings. The number of halogens is 1. The summed E-state index contributed by atoms with van der Waals surface area (Å²) >= 11 is 0. The molecule has 0 bridgehead atoms. The fourth-order valence-corrected chi connectivity index (χ4v) is 3.03. The molecular weight excluding hydrogens is 283 g/mol. The van der Waals surface area contributed by atoms with Crippen LogP contribution in [-0.4, -0.2) is 37.0 Å². The van der Waals surface area contributed by atoms with Crippen LogP contribution in [0.3, 0.4) is 0 Å². The number of hydrogen-bond donors (Lipinski definition) is 1. The lowest BCUT2D eigenvalue weighted by Gasteiger charge is -2.32. The van der Waals surface area contributed by atoms with Crippen LogP contribution in [0.25, 0.3) is 0 Å². The molecule has 3 rings (SSSR count). The number of amides is 1. The summed E-state index contributed by atoms with van der Waals surface area (Å²) in [6, 6.07) is 5.48. The molecule has 0 aromatic heterocycles. The van der Waals surface area contributed by atoms with Crippen molar-refractivity contribution in [3.05, 3.63) is 29.6 Å². The summed E-state index contributed by atoms with van der Waals surface area (Å²) in [7, 11) is 1.46. The summed E-state index contributed by atoms with van der Waals surface area (Å²) in [5, 5.41) is 3.09. The number of carbonyl (C=O) groups excluding carboxylic acids is 1. The Kier molecular flexibility index (Phi) is 4.62. The number of nitrogens with zero attached hydrogens (tertiary/aromatic N) is 1. The minimum Gasteiger partial charge on any atom is -0.494 e. The van der Waals surface area contributed by atoms with Crippen LogP contribution in [-0.2, 0) is 11.3 Å². The van der Waals surface area contributed by atoms with Crippen LogP contribution in [0.2, 0.25) is 0 Å². The van der Waals surface area contributed by atoms with Gasteiger partial charge in [-0.05, 0) is 49.9 Å². The smallest absolute Gasteiger partial charge is 0.224 e. The molecule has 1 unspecified atom stereocenters. The molecule has 0 radical (unpaired) electrons. The highest BCUT2D eigenvalue weighted by molar-refractivity contribution is 5.79. The van der Waals surface area contributed by atoms with Gasteiger partial charge in [-0.2, -0.15) is 0 Å². The van der Waals surface area contributed by atoms with Crippen LogP contribution >= 0.6 is 0 Å². The maximum absolute atomic E-state index is 13.8. The zero-order chi connectivity index (χ0) is 15.5. The monoisotopic (exact) mass is 306 g/mol. The second-order valence-corrected chi connectivity index (χ2v) is 6.33. The van der Waals surface area contributed by atoms with Crippen molar-refractivity contribution >= 4 is 5.91 Å². The number of hydrogen-bond acceptors (Lipinski definition) is 3. The van der Waals surface area contributed by atoms with Crippen LogP contribution in [0.4, 0.5) is 4.39 Å². The van der Waals surface area contributed by atoms with E-state index in [1.807, 2.05) is 6.07 Å². The van der Waals surface area contributed by atoms with Crippen molar-refractivity contribution in [2.75, 3.05) is 20.2 Å². The lowest BCUT2D eigenvalue weighted by Crippen LogP contribution is -2.43. The van der Waals surface area contributed by atoms with Gasteiger partial charge in [0.2, 0.25) is 5.91 Å². The van der Waals surface area contributed by atoms with Crippen LogP contribution in [0.1, 0.15) is 31.2 Å². The summed E-state index contributed by atoms with van der Waals surface area (Å²) in [6.45, 7) is 2.39. The van der Waals surface area contributed by atoms with E-state index in [1.54, 1.807) is 6.07 Å². The molecule has 5 heteroatoms. The number of ether oxygens (including phenoxy) is 1. The second-order valence-electron chi connectivity index (χ2n) is 6.33. The van der Waals surface area contributed by atoms with Gasteiger partial charge in [0.1, 0.15) is 0 Å². The minimum atomic E-state index is -0.333. The van der Waals surface area contributed by atoms with Crippen LogP contribution in [0, 0.1) is 11.7 Å². The minimum absolute atomic E-state index is 0.0671. The molecule has 1 aliphatic carbocycles. The lowest BCUT2D eigenvalue weighted by molar-refractivity contribution is -0.126. The summed E-state index contributed by atoms with van der Waals surface area (Å²) in [5.41, 5.74) is 0.918. The molecule has 1 saturated heterocycles. The maximum atomic E-state index is 13.8. The van der Waals surface area contributed by atoms with E-state index in [9.17, 15) is 9.18 Å². The Labute approximate surface area is 130 Å². The highest BCUT2D eigenvalue weighted by Crippen LogP contribution is 2.24. The number of methoxy groups -OCH3 is 1. The Bertz CT molecular complexity index is 545. The number of piperidine rings is 1. The van der Waals surface area contributed by atoms with Gasteiger partial charge in [-0.25, -0.2) is 4.39 Å². The van der Waals surface area contributed by atoms with E-state index in [2.05, 4.69) is 10.2 Å². The van der Waals surface area contributed by atoms with Gasteiger partial charge in [0, 0.05) is 19.1 Å².